The lowest BCUT2D eigenvalue weighted by molar-refractivity contribution is -0.120. The topological polar surface area (TPSA) is 59.9 Å². The summed E-state index contributed by atoms with van der Waals surface area (Å²) in [6.45, 7) is 1.10. The number of rotatable bonds is 4. The summed E-state index contributed by atoms with van der Waals surface area (Å²) < 4.78 is 11.0. The molecule has 130 valence electrons. The van der Waals surface area contributed by atoms with Crippen LogP contribution in [-0.2, 0) is 11.2 Å². The van der Waals surface area contributed by atoms with Gasteiger partial charge in [0.25, 0.3) is 0 Å². The predicted molar refractivity (Wildman–Crippen MR) is 101 cm³/mol. The average Bonchev–Trinajstić information content (AvgIpc) is 2.68. The number of carbonyl (C=O) groups excluding carboxylic acids is 1. The Morgan fingerprint density at radius 1 is 1.00 bits per heavy atom. The summed E-state index contributed by atoms with van der Waals surface area (Å²) >= 11 is 0. The minimum Gasteiger partial charge on any atom is -0.486 e. The van der Waals surface area contributed by atoms with E-state index >= 15 is 0 Å². The number of fused-ring (bicyclic) bond motifs is 2. The third-order valence-corrected chi connectivity index (χ3v) is 4.20. The molecule has 4 rings (SSSR count). The van der Waals surface area contributed by atoms with Gasteiger partial charge in [-0.15, -0.1) is 0 Å². The van der Waals surface area contributed by atoms with Gasteiger partial charge in [0.2, 0.25) is 5.91 Å². The Morgan fingerprint density at radius 2 is 1.81 bits per heavy atom. The molecule has 0 fully saturated rings. The molecule has 3 aromatic carbocycles. The van der Waals surface area contributed by atoms with Crippen LogP contribution in [0.2, 0.25) is 0 Å². The molecule has 0 aliphatic carbocycles. The molecule has 3 aromatic rings. The quantitative estimate of drug-likeness (QED) is 0.582. The zero-order chi connectivity index (χ0) is 17.8. The summed E-state index contributed by atoms with van der Waals surface area (Å²) in [5.74, 6) is 1.27. The van der Waals surface area contributed by atoms with Gasteiger partial charge in [0.1, 0.15) is 13.2 Å². The van der Waals surface area contributed by atoms with Gasteiger partial charge < -0.3 is 9.47 Å². The van der Waals surface area contributed by atoms with Gasteiger partial charge in [-0.1, -0.05) is 42.5 Å². The van der Waals surface area contributed by atoms with Gasteiger partial charge in [-0.2, -0.15) is 5.10 Å². The fourth-order valence-corrected chi connectivity index (χ4v) is 2.98. The van der Waals surface area contributed by atoms with Crippen LogP contribution in [-0.4, -0.2) is 25.3 Å². The number of amides is 1. The van der Waals surface area contributed by atoms with Crippen LogP contribution in [0.5, 0.6) is 11.5 Å². The van der Waals surface area contributed by atoms with E-state index in [9.17, 15) is 4.79 Å². The van der Waals surface area contributed by atoms with Crippen LogP contribution in [0, 0.1) is 0 Å². The highest BCUT2D eigenvalue weighted by Crippen LogP contribution is 2.30. The number of nitrogens with one attached hydrogen (secondary N) is 1. The first-order chi connectivity index (χ1) is 12.8. The van der Waals surface area contributed by atoms with Crippen molar-refractivity contribution < 1.29 is 14.3 Å². The number of hydrogen-bond acceptors (Lipinski definition) is 4. The summed E-state index contributed by atoms with van der Waals surface area (Å²) in [7, 11) is 0. The molecule has 0 atom stereocenters. The molecule has 1 N–H and O–H groups in total. The molecule has 26 heavy (non-hydrogen) atoms. The highest BCUT2D eigenvalue weighted by molar-refractivity contribution is 5.90. The Morgan fingerprint density at radius 3 is 2.73 bits per heavy atom. The van der Waals surface area contributed by atoms with Crippen LogP contribution >= 0.6 is 0 Å². The molecule has 0 spiro atoms. The van der Waals surface area contributed by atoms with E-state index in [2.05, 4.69) is 10.5 Å². The Hall–Kier alpha value is -3.34. The SMILES string of the molecule is O=C(Cc1cccc2ccccc12)N/N=C\c1ccc2c(c1)OCCO2. The summed E-state index contributed by atoms with van der Waals surface area (Å²) in [5.41, 5.74) is 4.40. The van der Waals surface area contributed by atoms with Crippen LogP contribution in [0.25, 0.3) is 10.8 Å². The molecular formula is C21H18N2O3. The van der Waals surface area contributed by atoms with Crippen molar-refractivity contribution in [1.82, 2.24) is 5.43 Å². The van der Waals surface area contributed by atoms with Gasteiger partial charge >= 0.3 is 0 Å². The van der Waals surface area contributed by atoms with Crippen LogP contribution < -0.4 is 14.9 Å². The molecule has 5 heteroatoms. The monoisotopic (exact) mass is 346 g/mol. The smallest absolute Gasteiger partial charge is 0.244 e. The van der Waals surface area contributed by atoms with E-state index in [0.717, 1.165) is 27.6 Å². The normalized spacial score (nSPS) is 13.1. The molecule has 0 unspecified atom stereocenters. The highest BCUT2D eigenvalue weighted by Gasteiger charge is 2.11. The predicted octanol–water partition coefficient (Wildman–Crippen LogP) is 3.30. The van der Waals surface area contributed by atoms with Crippen molar-refractivity contribution >= 4 is 22.9 Å². The van der Waals surface area contributed by atoms with Crippen LogP contribution in [0.15, 0.2) is 65.8 Å². The molecule has 1 heterocycles. The number of nitrogens with zero attached hydrogens (tertiary/aromatic N) is 1. The summed E-state index contributed by atoms with van der Waals surface area (Å²) in [6, 6.07) is 19.5. The maximum absolute atomic E-state index is 12.2. The number of hydrazone groups is 1. The highest BCUT2D eigenvalue weighted by atomic mass is 16.6. The molecule has 1 amide bonds. The lowest BCUT2D eigenvalue weighted by atomic mass is 10.0. The van der Waals surface area contributed by atoms with E-state index in [1.807, 2.05) is 60.7 Å². The van der Waals surface area contributed by atoms with Gasteiger partial charge in [0.15, 0.2) is 11.5 Å². The molecule has 0 bridgehead atoms. The first-order valence-electron chi connectivity index (χ1n) is 8.48. The lowest BCUT2D eigenvalue weighted by Gasteiger charge is -2.18. The van der Waals surface area contributed by atoms with Gasteiger partial charge in [0.05, 0.1) is 12.6 Å². The second-order valence-corrected chi connectivity index (χ2v) is 6.01. The molecule has 5 nitrogen and oxygen atoms in total. The minimum atomic E-state index is -0.157. The Bertz CT molecular complexity index is 977. The van der Waals surface area contributed by atoms with E-state index in [4.69, 9.17) is 9.47 Å². The zero-order valence-electron chi connectivity index (χ0n) is 14.1. The van der Waals surface area contributed by atoms with Gasteiger partial charge in [0, 0.05) is 0 Å². The van der Waals surface area contributed by atoms with Crippen molar-refractivity contribution in [2.45, 2.75) is 6.42 Å². The molecule has 1 aliphatic heterocycles. The van der Waals surface area contributed by atoms with Crippen LogP contribution in [0.1, 0.15) is 11.1 Å². The molecule has 1 aliphatic rings. The number of carbonyl (C=O) groups is 1. The molecular weight excluding hydrogens is 328 g/mol. The zero-order valence-corrected chi connectivity index (χ0v) is 14.1. The Balaban J connectivity index is 1.41. The van der Waals surface area contributed by atoms with E-state index < -0.39 is 0 Å². The third kappa shape index (κ3) is 3.52. The van der Waals surface area contributed by atoms with Crippen molar-refractivity contribution in [2.75, 3.05) is 13.2 Å². The van der Waals surface area contributed by atoms with E-state index in [0.29, 0.717) is 19.0 Å². The third-order valence-electron chi connectivity index (χ3n) is 4.20. The lowest BCUT2D eigenvalue weighted by Crippen LogP contribution is -2.20. The molecule has 0 aromatic heterocycles. The largest absolute Gasteiger partial charge is 0.486 e. The summed E-state index contributed by atoms with van der Waals surface area (Å²) in [5, 5.41) is 6.25. The standard InChI is InChI=1S/C21H18N2O3/c24-21(13-17-6-3-5-16-4-1-2-7-18(16)17)23-22-14-15-8-9-19-20(12-15)26-11-10-25-19/h1-9,12,14H,10-11,13H2,(H,23,24)/b22-14-. The van der Waals surface area contributed by atoms with E-state index in [1.54, 1.807) is 6.21 Å². The maximum atomic E-state index is 12.2. The maximum Gasteiger partial charge on any atom is 0.244 e. The van der Waals surface area contributed by atoms with Crippen LogP contribution in [0.3, 0.4) is 0 Å². The minimum absolute atomic E-state index is 0.157. The van der Waals surface area contributed by atoms with Gasteiger partial charge in [-0.05, 0) is 40.1 Å². The Labute approximate surface area is 151 Å². The first-order valence-corrected chi connectivity index (χ1v) is 8.48. The summed E-state index contributed by atoms with van der Waals surface area (Å²) in [4.78, 5) is 12.2. The van der Waals surface area contributed by atoms with Crippen molar-refractivity contribution in [3.05, 3.63) is 71.8 Å². The molecule has 0 saturated heterocycles. The second-order valence-electron chi connectivity index (χ2n) is 6.01. The summed E-state index contributed by atoms with van der Waals surface area (Å²) in [6.07, 6.45) is 1.87. The van der Waals surface area contributed by atoms with E-state index in [1.165, 1.54) is 0 Å². The van der Waals surface area contributed by atoms with Gasteiger partial charge in [-0.3, -0.25) is 4.79 Å². The Kier molecular flexibility index (Phi) is 4.51. The van der Waals surface area contributed by atoms with Crippen molar-refractivity contribution in [3.8, 4) is 11.5 Å². The fourth-order valence-electron chi connectivity index (χ4n) is 2.98. The van der Waals surface area contributed by atoms with E-state index in [-0.39, 0.29) is 12.3 Å². The van der Waals surface area contributed by atoms with Crippen LogP contribution in [0.4, 0.5) is 0 Å². The molecule has 0 radical (unpaired) electrons. The number of hydrogen-bond donors (Lipinski definition) is 1. The van der Waals surface area contributed by atoms with Crippen molar-refractivity contribution in [1.29, 1.82) is 0 Å². The number of benzene rings is 3. The fraction of sp³-hybridized carbons (Fsp3) is 0.143. The van der Waals surface area contributed by atoms with Gasteiger partial charge in [-0.25, -0.2) is 5.43 Å². The average molecular weight is 346 g/mol. The molecule has 0 saturated carbocycles. The number of ether oxygens (including phenoxy) is 2. The first kappa shape index (κ1) is 16.1. The van der Waals surface area contributed by atoms with Crippen molar-refractivity contribution in [2.24, 2.45) is 5.10 Å². The van der Waals surface area contributed by atoms with Crippen molar-refractivity contribution in [3.63, 3.8) is 0 Å². The second kappa shape index (κ2) is 7.27.